The summed E-state index contributed by atoms with van der Waals surface area (Å²) in [5.41, 5.74) is 5.40. The average Bonchev–Trinajstić information content (AvgIpc) is 2.72. The first-order valence-corrected chi connectivity index (χ1v) is 7.59. The molecule has 0 aliphatic carbocycles. The van der Waals surface area contributed by atoms with E-state index in [0.29, 0.717) is 13.0 Å². The zero-order valence-corrected chi connectivity index (χ0v) is 12.3. The van der Waals surface area contributed by atoms with Gasteiger partial charge in [0, 0.05) is 21.2 Å². The van der Waals surface area contributed by atoms with Gasteiger partial charge in [0.15, 0.2) is 0 Å². The van der Waals surface area contributed by atoms with Crippen LogP contribution < -0.4 is 11.1 Å². The number of thiophene rings is 1. The Morgan fingerprint density at radius 2 is 2.12 bits per heavy atom. The molecule has 1 aromatic rings. The van der Waals surface area contributed by atoms with E-state index in [1.807, 2.05) is 11.4 Å². The number of halogens is 1. The predicted octanol–water partition coefficient (Wildman–Crippen LogP) is 3.04. The number of carbonyl (C=O) groups excluding carboxylic acids is 1. The van der Waals surface area contributed by atoms with E-state index in [2.05, 4.69) is 21.2 Å². The fourth-order valence-electron chi connectivity index (χ4n) is 1.50. The molecule has 0 saturated carbocycles. The standard InChI is InChI=1S/C12H19BrN2OS/c13-10-7-11(17-9-10)8-15-12(16)5-3-1-2-4-6-14/h7,9H,1-6,8,14H2,(H,15,16). The van der Waals surface area contributed by atoms with Crippen LogP contribution in [0.2, 0.25) is 0 Å². The van der Waals surface area contributed by atoms with Crippen LogP contribution in [0.25, 0.3) is 0 Å². The highest BCUT2D eigenvalue weighted by atomic mass is 79.9. The lowest BCUT2D eigenvalue weighted by Gasteiger charge is -2.03. The van der Waals surface area contributed by atoms with Gasteiger partial charge in [0.2, 0.25) is 5.91 Å². The fourth-order valence-corrected chi connectivity index (χ4v) is 2.89. The Morgan fingerprint density at radius 3 is 2.76 bits per heavy atom. The Balaban J connectivity index is 2.05. The number of nitrogens with two attached hydrogens (primary N) is 1. The third-order valence-electron chi connectivity index (χ3n) is 2.44. The first kappa shape index (κ1) is 14.7. The SMILES string of the molecule is NCCCCCCC(=O)NCc1cc(Br)cs1. The molecule has 3 nitrogen and oxygen atoms in total. The summed E-state index contributed by atoms with van der Waals surface area (Å²) in [5.74, 6) is 0.141. The van der Waals surface area contributed by atoms with Crippen LogP contribution in [-0.2, 0) is 11.3 Å². The van der Waals surface area contributed by atoms with Gasteiger partial charge in [-0.3, -0.25) is 4.79 Å². The molecule has 0 spiro atoms. The second-order valence-electron chi connectivity index (χ2n) is 3.96. The summed E-state index contributed by atoms with van der Waals surface area (Å²) in [6.45, 7) is 1.39. The molecular weight excluding hydrogens is 300 g/mol. The molecule has 0 saturated heterocycles. The maximum atomic E-state index is 11.5. The van der Waals surface area contributed by atoms with Crippen LogP contribution in [0.4, 0.5) is 0 Å². The van der Waals surface area contributed by atoms with Gasteiger partial charge in [-0.2, -0.15) is 0 Å². The molecular formula is C12H19BrN2OS. The smallest absolute Gasteiger partial charge is 0.220 e. The van der Waals surface area contributed by atoms with Crippen molar-refractivity contribution in [1.29, 1.82) is 0 Å². The quantitative estimate of drug-likeness (QED) is 0.724. The van der Waals surface area contributed by atoms with Crippen molar-refractivity contribution in [3.63, 3.8) is 0 Å². The number of unbranched alkanes of at least 4 members (excludes halogenated alkanes) is 3. The minimum atomic E-state index is 0.141. The van der Waals surface area contributed by atoms with Gasteiger partial charge in [-0.1, -0.05) is 12.8 Å². The maximum absolute atomic E-state index is 11.5. The Morgan fingerprint density at radius 1 is 1.35 bits per heavy atom. The van der Waals surface area contributed by atoms with Crippen LogP contribution in [0.3, 0.4) is 0 Å². The van der Waals surface area contributed by atoms with Crippen molar-refractivity contribution in [1.82, 2.24) is 5.32 Å². The predicted molar refractivity (Wildman–Crippen MR) is 76.0 cm³/mol. The topological polar surface area (TPSA) is 55.1 Å². The van der Waals surface area contributed by atoms with Gasteiger partial charge in [0.1, 0.15) is 0 Å². The van der Waals surface area contributed by atoms with Gasteiger partial charge >= 0.3 is 0 Å². The molecule has 0 unspecified atom stereocenters. The second-order valence-corrected chi connectivity index (χ2v) is 5.87. The molecule has 0 fully saturated rings. The van der Waals surface area contributed by atoms with Crippen LogP contribution in [0.1, 0.15) is 37.0 Å². The van der Waals surface area contributed by atoms with E-state index < -0.39 is 0 Å². The van der Waals surface area contributed by atoms with E-state index in [9.17, 15) is 4.79 Å². The Bertz CT molecular complexity index is 341. The molecule has 1 amide bonds. The first-order chi connectivity index (χ1) is 8.22. The zero-order chi connectivity index (χ0) is 12.5. The van der Waals surface area contributed by atoms with Crippen molar-refractivity contribution in [2.45, 2.75) is 38.6 Å². The van der Waals surface area contributed by atoms with E-state index in [4.69, 9.17) is 5.73 Å². The number of carbonyl (C=O) groups is 1. The minimum absolute atomic E-state index is 0.141. The fraction of sp³-hybridized carbons (Fsp3) is 0.583. The largest absolute Gasteiger partial charge is 0.351 e. The highest BCUT2D eigenvalue weighted by Crippen LogP contribution is 2.19. The van der Waals surface area contributed by atoms with Crippen molar-refractivity contribution < 1.29 is 4.79 Å². The summed E-state index contributed by atoms with van der Waals surface area (Å²) in [7, 11) is 0. The van der Waals surface area contributed by atoms with Crippen molar-refractivity contribution in [3.05, 3.63) is 20.8 Å². The Kier molecular flexibility index (Phi) is 7.48. The summed E-state index contributed by atoms with van der Waals surface area (Å²) in [5, 5.41) is 4.95. The summed E-state index contributed by atoms with van der Waals surface area (Å²) >= 11 is 5.04. The molecule has 3 N–H and O–H groups in total. The van der Waals surface area contributed by atoms with Gasteiger partial charge in [0.25, 0.3) is 0 Å². The van der Waals surface area contributed by atoms with Crippen molar-refractivity contribution in [2.75, 3.05) is 6.54 Å². The molecule has 0 radical (unpaired) electrons. The van der Waals surface area contributed by atoms with Crippen LogP contribution in [0, 0.1) is 0 Å². The number of hydrogen-bond acceptors (Lipinski definition) is 3. The van der Waals surface area contributed by atoms with E-state index in [0.717, 1.165) is 36.7 Å². The van der Waals surface area contributed by atoms with Gasteiger partial charge in [0.05, 0.1) is 6.54 Å². The summed E-state index contributed by atoms with van der Waals surface area (Å²) < 4.78 is 1.08. The molecule has 96 valence electrons. The molecule has 0 aromatic carbocycles. The second kappa shape index (κ2) is 8.66. The highest BCUT2D eigenvalue weighted by Gasteiger charge is 2.02. The zero-order valence-electron chi connectivity index (χ0n) is 9.88. The lowest BCUT2D eigenvalue weighted by Crippen LogP contribution is -2.21. The molecule has 0 bridgehead atoms. The molecule has 1 rings (SSSR count). The van der Waals surface area contributed by atoms with E-state index in [1.165, 1.54) is 4.88 Å². The lowest BCUT2D eigenvalue weighted by molar-refractivity contribution is -0.121. The molecule has 5 heteroatoms. The van der Waals surface area contributed by atoms with Gasteiger partial charge in [-0.25, -0.2) is 0 Å². The number of rotatable bonds is 8. The summed E-state index contributed by atoms with van der Waals surface area (Å²) in [6, 6.07) is 2.03. The molecule has 1 aromatic heterocycles. The summed E-state index contributed by atoms with van der Waals surface area (Å²) in [4.78, 5) is 12.7. The van der Waals surface area contributed by atoms with Gasteiger partial charge in [-0.15, -0.1) is 11.3 Å². The lowest BCUT2D eigenvalue weighted by atomic mass is 10.1. The molecule has 0 atom stereocenters. The third kappa shape index (κ3) is 6.81. The van der Waals surface area contributed by atoms with Crippen molar-refractivity contribution in [3.8, 4) is 0 Å². The van der Waals surface area contributed by atoms with Crippen molar-refractivity contribution >= 4 is 33.2 Å². The number of amides is 1. The van der Waals surface area contributed by atoms with Crippen LogP contribution in [-0.4, -0.2) is 12.5 Å². The number of hydrogen-bond donors (Lipinski definition) is 2. The Hall–Kier alpha value is -0.390. The van der Waals surface area contributed by atoms with Gasteiger partial charge < -0.3 is 11.1 Å². The van der Waals surface area contributed by atoms with Crippen molar-refractivity contribution in [2.24, 2.45) is 5.73 Å². The molecule has 1 heterocycles. The maximum Gasteiger partial charge on any atom is 0.220 e. The van der Waals surface area contributed by atoms with Crippen LogP contribution in [0.5, 0.6) is 0 Å². The molecule has 0 aliphatic rings. The van der Waals surface area contributed by atoms with Crippen LogP contribution >= 0.6 is 27.3 Å². The van der Waals surface area contributed by atoms with E-state index in [1.54, 1.807) is 11.3 Å². The first-order valence-electron chi connectivity index (χ1n) is 5.92. The highest BCUT2D eigenvalue weighted by molar-refractivity contribution is 9.10. The monoisotopic (exact) mass is 318 g/mol. The van der Waals surface area contributed by atoms with E-state index >= 15 is 0 Å². The minimum Gasteiger partial charge on any atom is -0.351 e. The van der Waals surface area contributed by atoms with Gasteiger partial charge in [-0.05, 0) is 41.4 Å². The molecule has 0 aliphatic heterocycles. The van der Waals surface area contributed by atoms with E-state index in [-0.39, 0.29) is 5.91 Å². The Labute approximate surface area is 115 Å². The molecule has 17 heavy (non-hydrogen) atoms. The summed E-state index contributed by atoms with van der Waals surface area (Å²) in [6.07, 6.45) is 4.86. The average molecular weight is 319 g/mol. The third-order valence-corrected chi connectivity index (χ3v) is 4.14. The normalized spacial score (nSPS) is 10.5. The number of nitrogens with one attached hydrogen (secondary N) is 1. The van der Waals surface area contributed by atoms with Crippen LogP contribution in [0.15, 0.2) is 15.9 Å².